The maximum atomic E-state index is 13.6. The third-order valence-electron chi connectivity index (χ3n) is 2.75. The van der Waals surface area contributed by atoms with Crippen molar-refractivity contribution in [3.05, 3.63) is 41.3 Å². The summed E-state index contributed by atoms with van der Waals surface area (Å²) in [6, 6.07) is 3.61. The average Bonchev–Trinajstić information content (AvgIpc) is 2.48. The van der Waals surface area contributed by atoms with Crippen LogP contribution in [0.5, 0.6) is 0 Å². The minimum Gasteiger partial charge on any atom is -0.383 e. The second-order valence-electron chi connectivity index (χ2n) is 4.49. The summed E-state index contributed by atoms with van der Waals surface area (Å²) in [5, 5.41) is 5.54. The standard InChI is InChI=1S/C14H15F3N4O/c1-8-7-11(18-5-6-22-2)21-14(19-8)20-10-4-3-9(15)12(16)13(10)17/h3-4,7H,5-6H2,1-2H3,(H2,18,19,20,21). The Morgan fingerprint density at radius 3 is 2.64 bits per heavy atom. The van der Waals surface area contributed by atoms with Gasteiger partial charge >= 0.3 is 0 Å². The fourth-order valence-corrected chi connectivity index (χ4v) is 1.74. The molecule has 0 fully saturated rings. The lowest BCUT2D eigenvalue weighted by Gasteiger charge is -2.10. The summed E-state index contributed by atoms with van der Waals surface area (Å²) in [4.78, 5) is 8.20. The van der Waals surface area contributed by atoms with Gasteiger partial charge in [-0.1, -0.05) is 0 Å². The van der Waals surface area contributed by atoms with Gasteiger partial charge in [-0.2, -0.15) is 4.98 Å². The Kier molecular flexibility index (Phi) is 5.16. The Bertz CT molecular complexity index is 667. The van der Waals surface area contributed by atoms with E-state index >= 15 is 0 Å². The van der Waals surface area contributed by atoms with Crippen molar-refractivity contribution in [1.82, 2.24) is 9.97 Å². The summed E-state index contributed by atoms with van der Waals surface area (Å²) < 4.78 is 44.6. The van der Waals surface area contributed by atoms with Gasteiger partial charge in [0.15, 0.2) is 17.5 Å². The number of hydrogen-bond acceptors (Lipinski definition) is 5. The van der Waals surface area contributed by atoms with Crippen LogP contribution in [0.15, 0.2) is 18.2 Å². The van der Waals surface area contributed by atoms with Gasteiger partial charge in [0.2, 0.25) is 5.95 Å². The molecule has 1 heterocycles. The van der Waals surface area contributed by atoms with Gasteiger partial charge in [0.05, 0.1) is 12.3 Å². The number of anilines is 3. The number of aromatic nitrogens is 2. The number of rotatable bonds is 6. The molecule has 0 saturated heterocycles. The van der Waals surface area contributed by atoms with E-state index in [2.05, 4.69) is 20.6 Å². The summed E-state index contributed by atoms with van der Waals surface area (Å²) in [5.74, 6) is -3.54. The van der Waals surface area contributed by atoms with Crippen LogP contribution in [0.2, 0.25) is 0 Å². The molecule has 0 atom stereocenters. The lowest BCUT2D eigenvalue weighted by atomic mass is 10.3. The summed E-state index contributed by atoms with van der Waals surface area (Å²) in [6.07, 6.45) is 0. The molecule has 0 saturated carbocycles. The molecular weight excluding hydrogens is 297 g/mol. The molecule has 0 aliphatic carbocycles. The first kappa shape index (κ1) is 16.0. The monoisotopic (exact) mass is 312 g/mol. The number of methoxy groups -OCH3 is 1. The van der Waals surface area contributed by atoms with E-state index in [0.717, 1.165) is 12.1 Å². The molecule has 0 spiro atoms. The van der Waals surface area contributed by atoms with Crippen molar-refractivity contribution in [3.63, 3.8) is 0 Å². The molecule has 0 radical (unpaired) electrons. The number of halogens is 3. The highest BCUT2D eigenvalue weighted by molar-refractivity contribution is 5.56. The predicted molar refractivity (Wildman–Crippen MR) is 76.7 cm³/mol. The number of aryl methyl sites for hydroxylation is 1. The van der Waals surface area contributed by atoms with Gasteiger partial charge in [0, 0.05) is 25.4 Å². The maximum absolute atomic E-state index is 13.6. The van der Waals surface area contributed by atoms with Gasteiger partial charge in [-0.3, -0.25) is 0 Å². The first-order valence-corrected chi connectivity index (χ1v) is 6.50. The second-order valence-corrected chi connectivity index (χ2v) is 4.49. The molecule has 118 valence electrons. The van der Waals surface area contributed by atoms with Gasteiger partial charge in [-0.05, 0) is 19.1 Å². The number of ether oxygens (including phenoxy) is 1. The predicted octanol–water partition coefficient (Wildman–Crippen LogP) is 3.00. The van der Waals surface area contributed by atoms with E-state index in [0.29, 0.717) is 24.7 Å². The Balaban J connectivity index is 2.21. The minimum atomic E-state index is -1.55. The van der Waals surface area contributed by atoms with Crippen LogP contribution in [0.25, 0.3) is 0 Å². The molecule has 8 heteroatoms. The minimum absolute atomic E-state index is 0.0739. The number of benzene rings is 1. The molecule has 5 nitrogen and oxygen atoms in total. The van der Waals surface area contributed by atoms with Crippen LogP contribution in [-0.4, -0.2) is 30.2 Å². The first-order valence-electron chi connectivity index (χ1n) is 6.50. The van der Waals surface area contributed by atoms with E-state index < -0.39 is 17.5 Å². The van der Waals surface area contributed by atoms with Crippen molar-refractivity contribution in [1.29, 1.82) is 0 Å². The van der Waals surface area contributed by atoms with Gasteiger partial charge in [0.1, 0.15) is 5.82 Å². The molecule has 0 bridgehead atoms. The van der Waals surface area contributed by atoms with Crippen LogP contribution in [-0.2, 0) is 4.74 Å². The Morgan fingerprint density at radius 2 is 1.91 bits per heavy atom. The van der Waals surface area contributed by atoms with E-state index in [-0.39, 0.29) is 11.6 Å². The largest absolute Gasteiger partial charge is 0.383 e. The third-order valence-corrected chi connectivity index (χ3v) is 2.75. The molecule has 1 aromatic carbocycles. The number of hydrogen-bond donors (Lipinski definition) is 2. The summed E-state index contributed by atoms with van der Waals surface area (Å²) in [6.45, 7) is 2.76. The van der Waals surface area contributed by atoms with Crippen LogP contribution < -0.4 is 10.6 Å². The smallest absolute Gasteiger partial charge is 0.229 e. The quantitative estimate of drug-likeness (QED) is 0.634. The van der Waals surface area contributed by atoms with Gasteiger partial charge in [-0.25, -0.2) is 18.2 Å². The lowest BCUT2D eigenvalue weighted by molar-refractivity contribution is 0.210. The summed E-state index contributed by atoms with van der Waals surface area (Å²) >= 11 is 0. The van der Waals surface area contributed by atoms with Gasteiger partial charge in [-0.15, -0.1) is 0 Å². The van der Waals surface area contributed by atoms with Crippen LogP contribution in [0.4, 0.5) is 30.6 Å². The zero-order valence-electron chi connectivity index (χ0n) is 12.1. The molecule has 0 aliphatic heterocycles. The molecule has 2 N–H and O–H groups in total. The van der Waals surface area contributed by atoms with Crippen molar-refractivity contribution in [3.8, 4) is 0 Å². The van der Waals surface area contributed by atoms with Crippen molar-refractivity contribution in [2.45, 2.75) is 6.92 Å². The van der Waals surface area contributed by atoms with Crippen molar-refractivity contribution in [2.24, 2.45) is 0 Å². The molecule has 2 aromatic rings. The summed E-state index contributed by atoms with van der Waals surface area (Å²) in [5.41, 5.74) is 0.382. The van der Waals surface area contributed by atoms with E-state index in [1.807, 2.05) is 0 Å². The summed E-state index contributed by atoms with van der Waals surface area (Å²) in [7, 11) is 1.58. The highest BCUT2D eigenvalue weighted by Crippen LogP contribution is 2.22. The van der Waals surface area contributed by atoms with Crippen LogP contribution in [0.1, 0.15) is 5.69 Å². The molecule has 0 amide bonds. The lowest BCUT2D eigenvalue weighted by Crippen LogP contribution is -2.11. The highest BCUT2D eigenvalue weighted by Gasteiger charge is 2.14. The molecule has 2 rings (SSSR count). The van der Waals surface area contributed by atoms with Crippen LogP contribution >= 0.6 is 0 Å². The van der Waals surface area contributed by atoms with Crippen molar-refractivity contribution < 1.29 is 17.9 Å². The topological polar surface area (TPSA) is 59.1 Å². The molecule has 22 heavy (non-hydrogen) atoms. The van der Waals surface area contributed by atoms with Gasteiger partial charge in [0.25, 0.3) is 0 Å². The number of nitrogens with zero attached hydrogens (tertiary/aromatic N) is 2. The SMILES string of the molecule is COCCNc1cc(C)nc(Nc2ccc(F)c(F)c2F)n1. The van der Waals surface area contributed by atoms with Crippen molar-refractivity contribution in [2.75, 3.05) is 30.9 Å². The van der Waals surface area contributed by atoms with Crippen LogP contribution in [0.3, 0.4) is 0 Å². The third kappa shape index (κ3) is 3.85. The van der Waals surface area contributed by atoms with Gasteiger partial charge < -0.3 is 15.4 Å². The Morgan fingerprint density at radius 1 is 1.14 bits per heavy atom. The van der Waals surface area contributed by atoms with Crippen molar-refractivity contribution >= 4 is 17.5 Å². The first-order chi connectivity index (χ1) is 10.5. The fourth-order valence-electron chi connectivity index (χ4n) is 1.74. The average molecular weight is 312 g/mol. The Hall–Kier alpha value is -2.35. The fraction of sp³-hybridized carbons (Fsp3) is 0.286. The van der Waals surface area contributed by atoms with E-state index in [1.165, 1.54) is 0 Å². The highest BCUT2D eigenvalue weighted by atomic mass is 19.2. The van der Waals surface area contributed by atoms with E-state index in [9.17, 15) is 13.2 Å². The van der Waals surface area contributed by atoms with E-state index in [1.54, 1.807) is 20.1 Å². The molecule has 0 aliphatic rings. The van der Waals surface area contributed by atoms with Crippen LogP contribution in [0, 0.1) is 24.4 Å². The number of nitrogens with one attached hydrogen (secondary N) is 2. The molecule has 0 unspecified atom stereocenters. The normalized spacial score (nSPS) is 10.6. The molecular formula is C14H15F3N4O. The zero-order chi connectivity index (χ0) is 16.1. The Labute approximate surface area is 125 Å². The van der Waals surface area contributed by atoms with E-state index in [4.69, 9.17) is 4.74 Å². The molecule has 1 aromatic heterocycles. The second kappa shape index (κ2) is 7.08. The maximum Gasteiger partial charge on any atom is 0.229 e. The zero-order valence-corrected chi connectivity index (χ0v) is 12.1.